The first kappa shape index (κ1) is 14.1. The van der Waals surface area contributed by atoms with E-state index in [-0.39, 0.29) is 5.82 Å². The number of rotatable bonds is 4. The van der Waals surface area contributed by atoms with Crippen LogP contribution in [0.25, 0.3) is 10.9 Å². The van der Waals surface area contributed by atoms with Crippen molar-refractivity contribution in [3.05, 3.63) is 58.4 Å². The maximum Gasteiger partial charge on any atom is 0.141 e. The molecule has 108 valence electrons. The summed E-state index contributed by atoms with van der Waals surface area (Å²) in [7, 11) is 0. The van der Waals surface area contributed by atoms with Gasteiger partial charge in [-0.15, -0.1) is 0 Å². The van der Waals surface area contributed by atoms with Gasteiger partial charge in [-0.25, -0.2) is 4.39 Å². The van der Waals surface area contributed by atoms with Crippen molar-refractivity contribution in [3.63, 3.8) is 0 Å². The number of aromatic nitrogens is 2. The van der Waals surface area contributed by atoms with Gasteiger partial charge < -0.3 is 4.74 Å². The lowest BCUT2D eigenvalue weighted by Gasteiger charge is -2.05. The number of nitrogens with zero attached hydrogens (tertiary/aromatic N) is 2. The van der Waals surface area contributed by atoms with E-state index in [4.69, 9.17) is 4.74 Å². The van der Waals surface area contributed by atoms with E-state index < -0.39 is 0 Å². The van der Waals surface area contributed by atoms with Gasteiger partial charge in [-0.2, -0.15) is 5.10 Å². The first-order valence-corrected chi connectivity index (χ1v) is 7.50. The monoisotopic (exact) mass is 348 g/mol. The Hall–Kier alpha value is -1.88. The highest BCUT2D eigenvalue weighted by molar-refractivity contribution is 9.10. The van der Waals surface area contributed by atoms with E-state index in [1.807, 2.05) is 35.9 Å². The van der Waals surface area contributed by atoms with Gasteiger partial charge in [0.05, 0.1) is 9.99 Å². The Morgan fingerprint density at radius 2 is 2.05 bits per heavy atom. The van der Waals surface area contributed by atoms with Crippen molar-refractivity contribution in [3.8, 4) is 5.75 Å². The van der Waals surface area contributed by atoms with Crippen molar-refractivity contribution >= 4 is 26.8 Å². The van der Waals surface area contributed by atoms with E-state index in [0.29, 0.717) is 16.8 Å². The van der Waals surface area contributed by atoms with E-state index in [9.17, 15) is 4.39 Å². The fourth-order valence-corrected chi connectivity index (χ4v) is 2.51. The fourth-order valence-electron chi connectivity index (χ4n) is 2.26. The second kappa shape index (κ2) is 5.85. The van der Waals surface area contributed by atoms with Crippen LogP contribution in [-0.2, 0) is 13.2 Å². The number of benzene rings is 2. The number of halogens is 2. The molecule has 3 nitrogen and oxygen atoms in total. The molecule has 0 atom stereocenters. The van der Waals surface area contributed by atoms with Crippen LogP contribution in [0.15, 0.2) is 46.9 Å². The second-order valence-corrected chi connectivity index (χ2v) is 5.50. The SMILES string of the molecule is CCn1nc(COc2ccc(Br)c(F)c2)c2ccccc21. The van der Waals surface area contributed by atoms with Gasteiger partial charge in [0.1, 0.15) is 23.9 Å². The van der Waals surface area contributed by atoms with Crippen molar-refractivity contribution in [1.82, 2.24) is 9.78 Å². The van der Waals surface area contributed by atoms with Gasteiger partial charge in [0, 0.05) is 18.0 Å². The van der Waals surface area contributed by atoms with Crippen LogP contribution in [-0.4, -0.2) is 9.78 Å². The largest absolute Gasteiger partial charge is 0.487 e. The third-order valence-electron chi connectivity index (χ3n) is 3.30. The molecule has 0 unspecified atom stereocenters. The smallest absolute Gasteiger partial charge is 0.141 e. The van der Waals surface area contributed by atoms with Gasteiger partial charge in [-0.3, -0.25) is 4.68 Å². The first-order chi connectivity index (χ1) is 10.2. The van der Waals surface area contributed by atoms with Crippen molar-refractivity contribution in [2.75, 3.05) is 0 Å². The minimum Gasteiger partial charge on any atom is -0.487 e. The zero-order chi connectivity index (χ0) is 14.8. The van der Waals surface area contributed by atoms with Gasteiger partial charge in [0.2, 0.25) is 0 Å². The highest BCUT2D eigenvalue weighted by atomic mass is 79.9. The molecule has 3 aromatic rings. The Balaban J connectivity index is 1.86. The first-order valence-electron chi connectivity index (χ1n) is 6.71. The highest BCUT2D eigenvalue weighted by Crippen LogP contribution is 2.23. The molecule has 0 aliphatic carbocycles. The summed E-state index contributed by atoms with van der Waals surface area (Å²) in [6.45, 7) is 3.16. The molecule has 0 saturated heterocycles. The molecule has 0 spiro atoms. The number of aryl methyl sites for hydroxylation is 1. The molecule has 2 aromatic carbocycles. The van der Waals surface area contributed by atoms with E-state index in [1.165, 1.54) is 6.07 Å². The highest BCUT2D eigenvalue weighted by Gasteiger charge is 2.10. The molecule has 0 amide bonds. The summed E-state index contributed by atoms with van der Waals surface area (Å²) in [4.78, 5) is 0. The Labute approximate surface area is 130 Å². The Morgan fingerprint density at radius 1 is 1.24 bits per heavy atom. The molecular weight excluding hydrogens is 335 g/mol. The van der Waals surface area contributed by atoms with Crippen molar-refractivity contribution < 1.29 is 9.13 Å². The maximum absolute atomic E-state index is 13.5. The second-order valence-electron chi connectivity index (χ2n) is 4.64. The predicted molar refractivity (Wildman–Crippen MR) is 83.8 cm³/mol. The molecule has 0 saturated carbocycles. The summed E-state index contributed by atoms with van der Waals surface area (Å²) < 4.78 is 21.5. The summed E-state index contributed by atoms with van der Waals surface area (Å²) in [6, 6.07) is 12.8. The van der Waals surface area contributed by atoms with Crippen LogP contribution in [0.5, 0.6) is 5.75 Å². The standard InChI is InChI=1S/C16H14BrFN2O/c1-2-20-16-6-4-3-5-12(16)15(19-20)10-21-11-7-8-13(17)14(18)9-11/h3-9H,2,10H2,1H3. The van der Waals surface area contributed by atoms with Crippen molar-refractivity contribution in [1.29, 1.82) is 0 Å². The molecule has 0 aliphatic rings. The molecule has 1 heterocycles. The molecule has 21 heavy (non-hydrogen) atoms. The lowest BCUT2D eigenvalue weighted by Crippen LogP contribution is -2.00. The fraction of sp³-hybridized carbons (Fsp3) is 0.188. The number of hydrogen-bond acceptors (Lipinski definition) is 2. The topological polar surface area (TPSA) is 27.1 Å². The summed E-state index contributed by atoms with van der Waals surface area (Å²) in [5.41, 5.74) is 1.94. The molecule has 0 radical (unpaired) electrons. The van der Waals surface area contributed by atoms with Gasteiger partial charge >= 0.3 is 0 Å². The predicted octanol–water partition coefficient (Wildman–Crippen LogP) is 4.54. The van der Waals surface area contributed by atoms with Crippen molar-refractivity contribution in [2.45, 2.75) is 20.1 Å². The van der Waals surface area contributed by atoms with Crippen LogP contribution >= 0.6 is 15.9 Å². The van der Waals surface area contributed by atoms with Crippen LogP contribution in [0.2, 0.25) is 0 Å². The van der Waals surface area contributed by atoms with Gasteiger partial charge in [0.15, 0.2) is 0 Å². The number of para-hydroxylation sites is 1. The zero-order valence-electron chi connectivity index (χ0n) is 11.5. The van der Waals surface area contributed by atoms with Crippen LogP contribution in [0.1, 0.15) is 12.6 Å². The minimum absolute atomic E-state index is 0.314. The molecular formula is C16H14BrFN2O. The van der Waals surface area contributed by atoms with Crippen LogP contribution in [0, 0.1) is 5.82 Å². The third kappa shape index (κ3) is 2.78. The van der Waals surface area contributed by atoms with E-state index in [2.05, 4.69) is 21.0 Å². The van der Waals surface area contributed by atoms with Gasteiger partial charge in [-0.1, -0.05) is 18.2 Å². The maximum atomic E-state index is 13.5. The van der Waals surface area contributed by atoms with Gasteiger partial charge in [0.25, 0.3) is 0 Å². The number of fused-ring (bicyclic) bond motifs is 1. The summed E-state index contributed by atoms with van der Waals surface area (Å²) in [6.07, 6.45) is 0. The normalized spacial score (nSPS) is 11.0. The lowest BCUT2D eigenvalue weighted by molar-refractivity contribution is 0.299. The Bertz CT molecular complexity index is 785. The quantitative estimate of drug-likeness (QED) is 0.692. The average molecular weight is 349 g/mol. The molecule has 5 heteroatoms. The minimum atomic E-state index is -0.337. The Kier molecular flexibility index (Phi) is 3.92. The molecule has 1 aromatic heterocycles. The average Bonchev–Trinajstić information content (AvgIpc) is 2.87. The summed E-state index contributed by atoms with van der Waals surface area (Å²) >= 11 is 3.12. The van der Waals surface area contributed by atoms with Crippen LogP contribution in [0.4, 0.5) is 4.39 Å². The van der Waals surface area contributed by atoms with Crippen molar-refractivity contribution in [2.24, 2.45) is 0 Å². The molecule has 0 aliphatic heterocycles. The Morgan fingerprint density at radius 3 is 2.81 bits per heavy atom. The number of ether oxygens (including phenoxy) is 1. The van der Waals surface area contributed by atoms with E-state index >= 15 is 0 Å². The molecule has 0 fully saturated rings. The van der Waals surface area contributed by atoms with Crippen LogP contribution in [0.3, 0.4) is 0 Å². The van der Waals surface area contributed by atoms with Gasteiger partial charge in [-0.05, 0) is 41.1 Å². The molecule has 3 rings (SSSR count). The van der Waals surface area contributed by atoms with E-state index in [1.54, 1.807) is 12.1 Å². The summed E-state index contributed by atoms with van der Waals surface area (Å²) in [5, 5.41) is 5.62. The van der Waals surface area contributed by atoms with E-state index in [0.717, 1.165) is 23.1 Å². The summed E-state index contributed by atoms with van der Waals surface area (Å²) in [5.74, 6) is 0.155. The zero-order valence-corrected chi connectivity index (χ0v) is 13.1. The third-order valence-corrected chi connectivity index (χ3v) is 3.94. The molecule has 0 N–H and O–H groups in total. The lowest BCUT2D eigenvalue weighted by atomic mass is 10.2. The molecule has 0 bridgehead atoms. The van der Waals surface area contributed by atoms with Crippen LogP contribution < -0.4 is 4.74 Å². The number of hydrogen-bond donors (Lipinski definition) is 0.